The fourth-order valence-corrected chi connectivity index (χ4v) is 10.3. The molecule has 0 aromatic rings. The molecule has 0 aliphatic carbocycles. The number of allylic oxidation sites excluding steroid dienone is 16. The van der Waals surface area contributed by atoms with Gasteiger partial charge in [-0.25, -0.2) is 4.79 Å². The summed E-state index contributed by atoms with van der Waals surface area (Å²) in [5, 5.41) is 9.75. The maximum Gasteiger partial charge on any atom is 0.361 e. The van der Waals surface area contributed by atoms with Gasteiger partial charge in [0.05, 0.1) is 34.4 Å². The molecular formula is C78H138NO8+. The van der Waals surface area contributed by atoms with Crippen LogP contribution in [0, 0.1) is 0 Å². The molecule has 9 nitrogen and oxygen atoms in total. The Morgan fingerprint density at radius 3 is 0.989 bits per heavy atom. The number of nitrogens with zero attached hydrogens (tertiary/aromatic N) is 1. The Morgan fingerprint density at radius 1 is 0.356 bits per heavy atom. The SMILES string of the molecule is CC/C=C\C/C=C\C/C=C\C/C=C\C/C=C\C/C=C\C/C=C\CCCCCCCCCCCCCCCCCC(=O)OC(COC(=O)CCCCCCCCCCCCCCC/C=C\CCCCCCCCCC)COC(OCC[N+](C)(C)C)C(=O)O. The number of unbranched alkanes of at least 4 members (excludes halogenated alkanes) is 36. The third kappa shape index (κ3) is 69.5. The van der Waals surface area contributed by atoms with Gasteiger partial charge in [-0.2, -0.15) is 0 Å². The number of likely N-dealkylation sites (N-methyl/N-ethyl adjacent to an activating group) is 1. The van der Waals surface area contributed by atoms with Gasteiger partial charge in [0.2, 0.25) is 0 Å². The van der Waals surface area contributed by atoms with Crippen molar-refractivity contribution in [3.05, 3.63) is 97.2 Å². The van der Waals surface area contributed by atoms with Crippen LogP contribution in [0.15, 0.2) is 97.2 Å². The van der Waals surface area contributed by atoms with Crippen molar-refractivity contribution < 1.29 is 42.9 Å². The van der Waals surface area contributed by atoms with Crippen molar-refractivity contribution in [2.24, 2.45) is 0 Å². The van der Waals surface area contributed by atoms with Gasteiger partial charge in [-0.3, -0.25) is 9.59 Å². The van der Waals surface area contributed by atoms with E-state index in [9.17, 15) is 19.5 Å². The Balaban J connectivity index is 4.08. The first-order valence-corrected chi connectivity index (χ1v) is 36.4. The highest BCUT2D eigenvalue weighted by Crippen LogP contribution is 2.18. The Hall–Kier alpha value is -3.79. The van der Waals surface area contributed by atoms with Crippen molar-refractivity contribution in [2.75, 3.05) is 47.5 Å². The molecule has 0 rings (SSSR count). The number of carboxylic acid groups (broad SMARTS) is 1. The van der Waals surface area contributed by atoms with Crippen LogP contribution in [0.25, 0.3) is 0 Å². The van der Waals surface area contributed by atoms with Gasteiger partial charge in [0, 0.05) is 12.8 Å². The summed E-state index contributed by atoms with van der Waals surface area (Å²) in [5.41, 5.74) is 0. The third-order valence-electron chi connectivity index (χ3n) is 15.8. The molecule has 0 aliphatic rings. The summed E-state index contributed by atoms with van der Waals surface area (Å²) in [5.74, 6) is -1.99. The number of carbonyl (C=O) groups excluding carboxylic acids is 2. The van der Waals surface area contributed by atoms with Gasteiger partial charge in [-0.15, -0.1) is 0 Å². The van der Waals surface area contributed by atoms with E-state index in [1.165, 1.54) is 212 Å². The topological polar surface area (TPSA) is 108 Å². The highest BCUT2D eigenvalue weighted by Gasteiger charge is 2.25. The summed E-state index contributed by atoms with van der Waals surface area (Å²) in [6.45, 7) is 4.80. The molecule has 0 aromatic carbocycles. The van der Waals surface area contributed by atoms with Gasteiger partial charge in [0.25, 0.3) is 6.29 Å². The molecule has 2 atom stereocenters. The average Bonchev–Trinajstić information content (AvgIpc) is 3.57. The van der Waals surface area contributed by atoms with E-state index >= 15 is 0 Å². The van der Waals surface area contributed by atoms with E-state index in [4.69, 9.17) is 18.9 Å². The van der Waals surface area contributed by atoms with Gasteiger partial charge in [0.1, 0.15) is 13.2 Å². The number of esters is 2. The van der Waals surface area contributed by atoms with Crippen molar-refractivity contribution in [3.8, 4) is 0 Å². The summed E-state index contributed by atoms with van der Waals surface area (Å²) in [6, 6.07) is 0. The highest BCUT2D eigenvalue weighted by atomic mass is 16.7. The zero-order valence-electron chi connectivity index (χ0n) is 57.4. The normalized spacial score (nSPS) is 13.3. The molecular weight excluding hydrogens is 1080 g/mol. The zero-order chi connectivity index (χ0) is 63.3. The summed E-state index contributed by atoms with van der Waals surface area (Å²) >= 11 is 0. The lowest BCUT2D eigenvalue weighted by molar-refractivity contribution is -0.870. The number of rotatable bonds is 67. The second-order valence-electron chi connectivity index (χ2n) is 25.5. The molecule has 2 unspecified atom stereocenters. The van der Waals surface area contributed by atoms with Gasteiger partial charge in [-0.1, -0.05) is 310 Å². The van der Waals surface area contributed by atoms with Crippen molar-refractivity contribution >= 4 is 17.9 Å². The first kappa shape index (κ1) is 83.2. The quantitative estimate of drug-likeness (QED) is 0.0211. The van der Waals surface area contributed by atoms with E-state index in [0.29, 0.717) is 17.4 Å². The lowest BCUT2D eigenvalue weighted by Crippen LogP contribution is -2.40. The van der Waals surface area contributed by atoms with E-state index in [1.54, 1.807) is 0 Å². The predicted molar refractivity (Wildman–Crippen MR) is 373 cm³/mol. The minimum absolute atomic E-state index is 0.182. The Kier molecular flexibility index (Phi) is 65.2. The number of ether oxygens (including phenoxy) is 4. The van der Waals surface area contributed by atoms with Crippen LogP contribution in [-0.2, 0) is 33.3 Å². The lowest BCUT2D eigenvalue weighted by Gasteiger charge is -2.25. The van der Waals surface area contributed by atoms with Crippen LogP contribution in [-0.4, -0.2) is 87.4 Å². The molecule has 502 valence electrons. The number of hydrogen-bond acceptors (Lipinski definition) is 7. The first-order valence-electron chi connectivity index (χ1n) is 36.4. The van der Waals surface area contributed by atoms with Crippen LogP contribution < -0.4 is 0 Å². The smallest absolute Gasteiger partial charge is 0.361 e. The van der Waals surface area contributed by atoms with Crippen molar-refractivity contribution in [3.63, 3.8) is 0 Å². The third-order valence-corrected chi connectivity index (χ3v) is 15.8. The molecule has 0 aliphatic heterocycles. The van der Waals surface area contributed by atoms with Crippen LogP contribution in [0.4, 0.5) is 0 Å². The van der Waals surface area contributed by atoms with E-state index < -0.39 is 24.3 Å². The molecule has 9 heteroatoms. The summed E-state index contributed by atoms with van der Waals surface area (Å²) in [7, 11) is 5.98. The summed E-state index contributed by atoms with van der Waals surface area (Å²) < 4.78 is 23.0. The maximum atomic E-state index is 13.0. The Labute approximate surface area is 537 Å². The first-order chi connectivity index (χ1) is 42.6. The number of hydrogen-bond donors (Lipinski definition) is 1. The van der Waals surface area contributed by atoms with Gasteiger partial charge >= 0.3 is 17.9 Å². The van der Waals surface area contributed by atoms with Crippen LogP contribution in [0.2, 0.25) is 0 Å². The Morgan fingerprint density at radius 2 is 0.655 bits per heavy atom. The molecule has 0 fully saturated rings. The van der Waals surface area contributed by atoms with Crippen LogP contribution in [0.5, 0.6) is 0 Å². The summed E-state index contributed by atoms with van der Waals surface area (Å²) in [4.78, 5) is 37.7. The fraction of sp³-hybridized carbons (Fsp3) is 0.756. The van der Waals surface area contributed by atoms with Gasteiger partial charge in [0.15, 0.2) is 6.10 Å². The maximum absolute atomic E-state index is 13.0. The molecule has 0 aromatic heterocycles. The highest BCUT2D eigenvalue weighted by molar-refractivity contribution is 5.71. The number of carbonyl (C=O) groups is 3. The minimum atomic E-state index is -1.51. The Bertz CT molecular complexity index is 1750. The van der Waals surface area contributed by atoms with E-state index in [-0.39, 0.29) is 32.2 Å². The molecule has 0 spiro atoms. The van der Waals surface area contributed by atoms with Crippen molar-refractivity contribution in [2.45, 2.75) is 334 Å². The second kappa shape index (κ2) is 68.1. The van der Waals surface area contributed by atoms with E-state index in [2.05, 4.69) is 111 Å². The molecule has 87 heavy (non-hydrogen) atoms. The monoisotopic (exact) mass is 1220 g/mol. The van der Waals surface area contributed by atoms with Crippen LogP contribution >= 0.6 is 0 Å². The van der Waals surface area contributed by atoms with Gasteiger partial charge < -0.3 is 28.5 Å². The standard InChI is InChI=1S/C78H137NO8/c1-6-8-10-12-14-16-18-20-22-24-26-28-30-32-33-34-35-36-37-38-39-40-41-42-43-45-47-49-51-53-55-57-59-61-63-65-67-69-76(81)87-74(73-86-78(77(82)83)84-71-70-79(3,4)5)72-85-75(80)68-66-64-62-60-58-56-54-52-50-48-46-44-31-29-27-25-23-21-19-17-15-13-11-9-7-2/h8,10,14,16,20,22,25-28,32-33,35-36,38-39,74,78H,6-7,9,11-13,15,17-19,21,23-24,29-31,34,37,40-73H2,1-5H3/p+1/b10-8-,16-14-,22-20-,27-25-,28-26-,33-32-,36-35-,39-38-. The predicted octanol–water partition coefficient (Wildman–Crippen LogP) is 22.8. The van der Waals surface area contributed by atoms with Crippen molar-refractivity contribution in [1.29, 1.82) is 0 Å². The largest absolute Gasteiger partial charge is 0.477 e. The second-order valence-corrected chi connectivity index (χ2v) is 25.5. The number of quaternary nitrogens is 1. The minimum Gasteiger partial charge on any atom is -0.477 e. The molecule has 0 bridgehead atoms. The lowest BCUT2D eigenvalue weighted by atomic mass is 10.0. The number of aliphatic carboxylic acids is 1. The van der Waals surface area contributed by atoms with E-state index in [1.807, 2.05) is 21.1 Å². The van der Waals surface area contributed by atoms with Crippen LogP contribution in [0.3, 0.4) is 0 Å². The molecule has 1 N–H and O–H groups in total. The van der Waals surface area contributed by atoms with Gasteiger partial charge in [-0.05, 0) is 96.3 Å². The molecule has 0 saturated heterocycles. The molecule has 0 saturated carbocycles. The van der Waals surface area contributed by atoms with Crippen molar-refractivity contribution in [1.82, 2.24) is 0 Å². The zero-order valence-corrected chi connectivity index (χ0v) is 57.4. The van der Waals surface area contributed by atoms with E-state index in [0.717, 1.165) is 83.5 Å². The molecule has 0 heterocycles. The average molecular weight is 1220 g/mol. The fourth-order valence-electron chi connectivity index (χ4n) is 10.3. The number of carboxylic acids is 1. The van der Waals surface area contributed by atoms with Crippen LogP contribution in [0.1, 0.15) is 322 Å². The summed E-state index contributed by atoms with van der Waals surface area (Å²) in [6.07, 6.45) is 91.0. The molecule has 0 amide bonds. The molecule has 0 radical (unpaired) electrons.